The lowest BCUT2D eigenvalue weighted by Crippen LogP contribution is -2.31. The summed E-state index contributed by atoms with van der Waals surface area (Å²) in [5, 5.41) is 0.410. The van der Waals surface area contributed by atoms with Crippen molar-refractivity contribution in [3.63, 3.8) is 0 Å². The van der Waals surface area contributed by atoms with Gasteiger partial charge < -0.3 is 4.74 Å². The molecule has 25 heavy (non-hydrogen) atoms. The molecule has 0 aromatic heterocycles. The van der Waals surface area contributed by atoms with Gasteiger partial charge in [0.05, 0.1) is 17.2 Å². The molecule has 1 unspecified atom stereocenters. The number of ether oxygens (including phenoxy) is 1. The monoisotopic (exact) mass is 363 g/mol. The predicted molar refractivity (Wildman–Crippen MR) is 99.8 cm³/mol. The quantitative estimate of drug-likeness (QED) is 0.590. The van der Waals surface area contributed by atoms with Gasteiger partial charge in [-0.25, -0.2) is 4.79 Å². The van der Waals surface area contributed by atoms with Gasteiger partial charge in [0, 0.05) is 12.2 Å². The largest absolute Gasteiger partial charge is 0.456 e. The van der Waals surface area contributed by atoms with Crippen LogP contribution in [0.5, 0.6) is 0 Å². The smallest absolute Gasteiger partial charge is 0.338 e. The zero-order chi connectivity index (χ0) is 18.8. The fraction of sp³-hybridized carbons (Fsp3) is 0.526. The summed E-state index contributed by atoms with van der Waals surface area (Å²) < 4.78 is 5.35. The van der Waals surface area contributed by atoms with Crippen molar-refractivity contribution in [1.29, 1.82) is 0 Å². The molecule has 1 aromatic carbocycles. The van der Waals surface area contributed by atoms with Crippen LogP contribution in [0.4, 0.5) is 5.69 Å². The first-order chi connectivity index (χ1) is 11.6. The Labute approximate surface area is 153 Å². The first-order valence-electron chi connectivity index (χ1n) is 8.40. The van der Waals surface area contributed by atoms with E-state index in [0.717, 1.165) is 0 Å². The third-order valence-electron chi connectivity index (χ3n) is 3.61. The Balaban J connectivity index is 2.18. The maximum absolute atomic E-state index is 12.6. The van der Waals surface area contributed by atoms with Crippen LogP contribution in [-0.4, -0.2) is 34.4 Å². The molecule has 1 heterocycles. The Kier molecular flexibility index (Phi) is 5.93. The molecule has 1 aromatic rings. The number of hydrogen-bond acceptors (Lipinski definition) is 5. The molecule has 5 nitrogen and oxygen atoms in total. The average Bonchev–Trinajstić information content (AvgIpc) is 2.78. The number of imide groups is 1. The Morgan fingerprint density at radius 3 is 2.60 bits per heavy atom. The van der Waals surface area contributed by atoms with Crippen LogP contribution in [0, 0.1) is 5.92 Å². The number of hydrogen-bond donors (Lipinski definition) is 0. The van der Waals surface area contributed by atoms with Crippen LogP contribution in [0.25, 0.3) is 0 Å². The van der Waals surface area contributed by atoms with Gasteiger partial charge in [-0.1, -0.05) is 19.9 Å². The van der Waals surface area contributed by atoms with Crippen molar-refractivity contribution in [3.8, 4) is 0 Å². The molecule has 0 bridgehead atoms. The van der Waals surface area contributed by atoms with Crippen molar-refractivity contribution in [2.75, 3.05) is 10.7 Å². The third kappa shape index (κ3) is 5.08. The van der Waals surface area contributed by atoms with Crippen LogP contribution < -0.4 is 4.90 Å². The number of benzene rings is 1. The standard InChI is InChI=1S/C19H25NO4S/c1-12(2)25-11-14-10-16(21)20(17(14)22)15-8-6-7-13(9-15)18(23)24-19(3,4)5/h6-9,12,14H,10-11H2,1-5H3. The van der Waals surface area contributed by atoms with E-state index >= 15 is 0 Å². The SMILES string of the molecule is CC(C)SCC1CC(=O)N(c2cccc(C(=O)OC(C)(C)C)c2)C1=O. The summed E-state index contributed by atoms with van der Waals surface area (Å²) in [6.45, 7) is 9.50. The van der Waals surface area contributed by atoms with Gasteiger partial charge in [-0.05, 0) is 44.2 Å². The zero-order valence-electron chi connectivity index (χ0n) is 15.4. The summed E-state index contributed by atoms with van der Waals surface area (Å²) in [5.41, 5.74) is 0.148. The van der Waals surface area contributed by atoms with E-state index in [0.29, 0.717) is 22.3 Å². The molecule has 136 valence electrons. The van der Waals surface area contributed by atoms with Crippen molar-refractivity contribution in [3.05, 3.63) is 29.8 Å². The van der Waals surface area contributed by atoms with Gasteiger partial charge in [0.1, 0.15) is 5.60 Å². The van der Waals surface area contributed by atoms with Crippen molar-refractivity contribution >= 4 is 35.2 Å². The molecular weight excluding hydrogens is 338 g/mol. The second-order valence-corrected chi connectivity index (χ2v) is 9.01. The second-order valence-electron chi connectivity index (χ2n) is 7.40. The van der Waals surface area contributed by atoms with Gasteiger partial charge in [0.2, 0.25) is 11.8 Å². The Hall–Kier alpha value is -1.82. The summed E-state index contributed by atoms with van der Waals surface area (Å²) in [7, 11) is 0. The Morgan fingerprint density at radius 2 is 2.00 bits per heavy atom. The predicted octanol–water partition coefficient (Wildman–Crippen LogP) is 3.66. The zero-order valence-corrected chi connectivity index (χ0v) is 16.2. The third-order valence-corrected chi connectivity index (χ3v) is 4.87. The van der Waals surface area contributed by atoms with E-state index in [1.165, 1.54) is 4.90 Å². The van der Waals surface area contributed by atoms with Crippen molar-refractivity contribution in [2.24, 2.45) is 5.92 Å². The summed E-state index contributed by atoms with van der Waals surface area (Å²) in [6, 6.07) is 6.49. The molecule has 0 N–H and O–H groups in total. The number of nitrogens with zero attached hydrogens (tertiary/aromatic N) is 1. The van der Waals surface area contributed by atoms with E-state index in [-0.39, 0.29) is 24.2 Å². The summed E-state index contributed by atoms with van der Waals surface area (Å²) >= 11 is 1.67. The van der Waals surface area contributed by atoms with Crippen molar-refractivity contribution in [2.45, 2.75) is 51.9 Å². The van der Waals surface area contributed by atoms with Crippen LogP contribution in [-0.2, 0) is 14.3 Å². The fourth-order valence-corrected chi connectivity index (χ4v) is 3.39. The molecule has 1 atom stereocenters. The first-order valence-corrected chi connectivity index (χ1v) is 9.45. The van der Waals surface area contributed by atoms with E-state index < -0.39 is 11.6 Å². The molecule has 0 spiro atoms. The molecule has 1 aliphatic rings. The van der Waals surface area contributed by atoms with Crippen LogP contribution in [0.1, 0.15) is 51.4 Å². The molecule has 0 radical (unpaired) electrons. The molecule has 2 rings (SSSR count). The van der Waals surface area contributed by atoms with Gasteiger partial charge in [-0.2, -0.15) is 11.8 Å². The van der Waals surface area contributed by atoms with E-state index in [1.807, 2.05) is 0 Å². The highest BCUT2D eigenvalue weighted by Crippen LogP contribution is 2.30. The minimum absolute atomic E-state index is 0.195. The van der Waals surface area contributed by atoms with E-state index in [9.17, 15) is 14.4 Å². The summed E-state index contributed by atoms with van der Waals surface area (Å²) in [5.74, 6) is -0.560. The first kappa shape index (κ1) is 19.5. The topological polar surface area (TPSA) is 63.7 Å². The normalized spacial score (nSPS) is 18.2. The second kappa shape index (κ2) is 7.60. The molecule has 1 saturated heterocycles. The maximum atomic E-state index is 12.6. The van der Waals surface area contributed by atoms with Crippen LogP contribution in [0.3, 0.4) is 0 Å². The Bertz CT molecular complexity index is 678. The Morgan fingerprint density at radius 1 is 1.32 bits per heavy atom. The van der Waals surface area contributed by atoms with Gasteiger partial charge >= 0.3 is 5.97 Å². The fourth-order valence-electron chi connectivity index (χ4n) is 2.51. The van der Waals surface area contributed by atoms with Crippen molar-refractivity contribution in [1.82, 2.24) is 0 Å². The number of carbonyl (C=O) groups is 3. The summed E-state index contributed by atoms with van der Waals surface area (Å²) in [6.07, 6.45) is 0.217. The van der Waals surface area contributed by atoms with Gasteiger partial charge in [-0.3, -0.25) is 14.5 Å². The van der Waals surface area contributed by atoms with Crippen LogP contribution in [0.2, 0.25) is 0 Å². The molecular formula is C19H25NO4S. The minimum atomic E-state index is -0.606. The molecule has 1 aliphatic heterocycles. The van der Waals surface area contributed by atoms with Gasteiger partial charge in [0.15, 0.2) is 0 Å². The number of carbonyl (C=O) groups excluding carboxylic acids is 3. The number of anilines is 1. The van der Waals surface area contributed by atoms with Gasteiger partial charge in [0.25, 0.3) is 0 Å². The van der Waals surface area contributed by atoms with Crippen LogP contribution in [0.15, 0.2) is 24.3 Å². The lowest BCUT2D eigenvalue weighted by molar-refractivity contribution is -0.122. The van der Waals surface area contributed by atoms with E-state index in [1.54, 1.807) is 56.8 Å². The van der Waals surface area contributed by atoms with Crippen molar-refractivity contribution < 1.29 is 19.1 Å². The number of thioether (sulfide) groups is 1. The molecule has 2 amide bonds. The number of amides is 2. The molecule has 0 saturated carbocycles. The molecule has 0 aliphatic carbocycles. The lowest BCUT2D eigenvalue weighted by Gasteiger charge is -2.20. The summed E-state index contributed by atoms with van der Waals surface area (Å²) in [4.78, 5) is 38.4. The molecule has 6 heteroatoms. The van der Waals surface area contributed by atoms with E-state index in [4.69, 9.17) is 4.74 Å². The minimum Gasteiger partial charge on any atom is -0.456 e. The number of esters is 1. The highest BCUT2D eigenvalue weighted by Gasteiger charge is 2.39. The highest BCUT2D eigenvalue weighted by atomic mass is 32.2. The van der Waals surface area contributed by atoms with E-state index in [2.05, 4.69) is 13.8 Å². The lowest BCUT2D eigenvalue weighted by atomic mass is 10.1. The maximum Gasteiger partial charge on any atom is 0.338 e. The van der Waals surface area contributed by atoms with Gasteiger partial charge in [-0.15, -0.1) is 0 Å². The highest BCUT2D eigenvalue weighted by molar-refractivity contribution is 7.99. The van der Waals surface area contributed by atoms with Crippen LogP contribution >= 0.6 is 11.8 Å². The average molecular weight is 363 g/mol. The number of rotatable bonds is 5. The molecule has 1 fully saturated rings.